The molecule has 4 rings (SSSR count). The van der Waals surface area contributed by atoms with Crippen molar-refractivity contribution in [2.75, 3.05) is 40.6 Å². The molecule has 9 heteroatoms. The highest BCUT2D eigenvalue weighted by atomic mass is 16.6. The molecule has 1 amide bonds. The average Bonchev–Trinajstić information content (AvgIpc) is 3.11. The predicted octanol–water partition coefficient (Wildman–Crippen LogP) is 1.84. The van der Waals surface area contributed by atoms with E-state index in [9.17, 15) is 19.2 Å². The van der Waals surface area contributed by atoms with Gasteiger partial charge in [-0.25, -0.2) is 4.79 Å². The molecule has 0 aliphatic carbocycles. The third-order valence-corrected chi connectivity index (χ3v) is 5.72. The minimum absolute atomic E-state index is 0.134. The first-order chi connectivity index (χ1) is 16.0. The fourth-order valence-corrected chi connectivity index (χ4v) is 4.10. The Morgan fingerprint density at radius 3 is 2.30 bits per heavy atom. The van der Waals surface area contributed by atoms with Crippen molar-refractivity contribution >= 4 is 23.4 Å². The van der Waals surface area contributed by atoms with E-state index >= 15 is 0 Å². The Labute approximate surface area is 190 Å². The Morgan fingerprint density at radius 1 is 0.970 bits per heavy atom. The zero-order valence-electron chi connectivity index (χ0n) is 18.2. The highest BCUT2D eigenvalue weighted by Crippen LogP contribution is 2.39. The van der Waals surface area contributed by atoms with Crippen LogP contribution in [0.25, 0.3) is 0 Å². The molecule has 2 heterocycles. The van der Waals surface area contributed by atoms with Gasteiger partial charge in [0.15, 0.2) is 17.3 Å². The number of hydrogen-bond acceptors (Lipinski definition) is 8. The maximum absolute atomic E-state index is 13.5. The first kappa shape index (κ1) is 22.5. The maximum Gasteiger partial charge on any atom is 0.337 e. The largest absolute Gasteiger partial charge is 0.486 e. The van der Waals surface area contributed by atoms with E-state index < -0.39 is 35.4 Å². The number of fused-ring (bicyclic) bond motifs is 1. The van der Waals surface area contributed by atoms with E-state index in [1.54, 1.807) is 24.3 Å². The minimum atomic E-state index is -1.25. The number of carbonyl (C=O) groups excluding carboxylic acids is 4. The Hall–Kier alpha value is -3.72. The highest BCUT2D eigenvalue weighted by Gasteiger charge is 2.51. The van der Waals surface area contributed by atoms with Gasteiger partial charge >= 0.3 is 5.97 Å². The normalized spacial score (nSPS) is 19.5. The SMILES string of the molecule is COCCN1C(=O)C(=O)C(C(=O)c2ccc3c(c2)OCCO3)C1c1ccc(C(=O)OC)cc1. The molecule has 0 saturated carbocycles. The monoisotopic (exact) mass is 453 g/mol. The number of carbonyl (C=O) groups is 4. The summed E-state index contributed by atoms with van der Waals surface area (Å²) in [7, 11) is 2.76. The van der Waals surface area contributed by atoms with Crippen LogP contribution in [0.1, 0.15) is 32.3 Å². The molecule has 0 spiro atoms. The van der Waals surface area contributed by atoms with Crippen LogP contribution < -0.4 is 9.47 Å². The second-order valence-electron chi connectivity index (χ2n) is 7.61. The molecule has 9 nitrogen and oxygen atoms in total. The van der Waals surface area contributed by atoms with Crippen molar-refractivity contribution in [3.63, 3.8) is 0 Å². The number of likely N-dealkylation sites (tertiary alicyclic amines) is 1. The number of nitrogens with zero attached hydrogens (tertiary/aromatic N) is 1. The van der Waals surface area contributed by atoms with Gasteiger partial charge in [0.1, 0.15) is 19.1 Å². The van der Waals surface area contributed by atoms with Gasteiger partial charge in [0.25, 0.3) is 5.91 Å². The van der Waals surface area contributed by atoms with Crippen molar-refractivity contribution in [3.8, 4) is 11.5 Å². The van der Waals surface area contributed by atoms with Gasteiger partial charge < -0.3 is 23.8 Å². The van der Waals surface area contributed by atoms with Crippen molar-refractivity contribution in [2.45, 2.75) is 6.04 Å². The van der Waals surface area contributed by atoms with E-state index in [-0.39, 0.29) is 18.7 Å². The minimum Gasteiger partial charge on any atom is -0.486 e. The first-order valence-corrected chi connectivity index (χ1v) is 10.4. The van der Waals surface area contributed by atoms with Crippen LogP contribution in [-0.2, 0) is 19.1 Å². The van der Waals surface area contributed by atoms with Crippen molar-refractivity contribution in [2.24, 2.45) is 5.92 Å². The summed E-state index contributed by atoms with van der Waals surface area (Å²) < 4.78 is 20.9. The molecule has 0 radical (unpaired) electrons. The summed E-state index contributed by atoms with van der Waals surface area (Å²) in [6.45, 7) is 1.09. The molecule has 1 fully saturated rings. The lowest BCUT2D eigenvalue weighted by Gasteiger charge is -2.27. The number of amides is 1. The molecule has 0 aromatic heterocycles. The van der Waals surface area contributed by atoms with E-state index in [0.717, 1.165) is 0 Å². The van der Waals surface area contributed by atoms with E-state index in [2.05, 4.69) is 0 Å². The predicted molar refractivity (Wildman–Crippen MR) is 114 cm³/mol. The van der Waals surface area contributed by atoms with E-state index in [0.29, 0.717) is 35.8 Å². The second kappa shape index (κ2) is 9.41. The summed E-state index contributed by atoms with van der Waals surface area (Å²) in [6.07, 6.45) is 0. The first-order valence-electron chi connectivity index (χ1n) is 10.4. The molecule has 2 unspecified atom stereocenters. The molecule has 2 aliphatic heterocycles. The van der Waals surface area contributed by atoms with Crippen LogP contribution in [0.4, 0.5) is 0 Å². The van der Waals surface area contributed by atoms with Crippen LogP contribution in [-0.4, -0.2) is 68.9 Å². The van der Waals surface area contributed by atoms with E-state index in [1.807, 2.05) is 0 Å². The van der Waals surface area contributed by atoms with E-state index in [1.165, 1.54) is 37.3 Å². The zero-order valence-corrected chi connectivity index (χ0v) is 18.2. The van der Waals surface area contributed by atoms with Crippen LogP contribution >= 0.6 is 0 Å². The van der Waals surface area contributed by atoms with Crippen molar-refractivity contribution in [1.82, 2.24) is 4.90 Å². The molecule has 0 bridgehead atoms. The summed E-state index contributed by atoms with van der Waals surface area (Å²) in [4.78, 5) is 52.5. The fourth-order valence-electron chi connectivity index (χ4n) is 4.10. The Bertz CT molecular complexity index is 1090. The van der Waals surface area contributed by atoms with Crippen LogP contribution in [0.5, 0.6) is 11.5 Å². The van der Waals surface area contributed by atoms with Crippen LogP contribution in [0.3, 0.4) is 0 Å². The van der Waals surface area contributed by atoms with Crippen molar-refractivity contribution < 1.29 is 38.1 Å². The van der Waals surface area contributed by atoms with Gasteiger partial charge in [-0.05, 0) is 35.9 Å². The quantitative estimate of drug-likeness (QED) is 0.270. The number of Topliss-reactive ketones (excluding diaryl/α,β-unsaturated/α-hetero) is 2. The van der Waals surface area contributed by atoms with Gasteiger partial charge in [-0.15, -0.1) is 0 Å². The molecule has 2 aliphatic rings. The lowest BCUT2D eigenvalue weighted by molar-refractivity contribution is -0.141. The van der Waals surface area contributed by atoms with Gasteiger partial charge in [0.05, 0.1) is 25.3 Å². The van der Waals surface area contributed by atoms with Gasteiger partial charge in [0.2, 0.25) is 5.78 Å². The highest BCUT2D eigenvalue weighted by molar-refractivity contribution is 6.44. The Kier molecular flexibility index (Phi) is 6.41. The summed E-state index contributed by atoms with van der Waals surface area (Å²) in [5.74, 6) is -2.85. The third-order valence-electron chi connectivity index (χ3n) is 5.72. The van der Waals surface area contributed by atoms with Crippen molar-refractivity contribution in [3.05, 3.63) is 59.2 Å². The molecular weight excluding hydrogens is 430 g/mol. The molecule has 2 aromatic carbocycles. The second-order valence-corrected chi connectivity index (χ2v) is 7.61. The smallest absolute Gasteiger partial charge is 0.337 e. The molecule has 1 saturated heterocycles. The number of benzene rings is 2. The molecular formula is C24H23NO8. The molecule has 2 aromatic rings. The van der Waals surface area contributed by atoms with Gasteiger partial charge in [-0.3, -0.25) is 14.4 Å². The van der Waals surface area contributed by atoms with E-state index in [4.69, 9.17) is 18.9 Å². The third kappa shape index (κ3) is 4.19. The van der Waals surface area contributed by atoms with Gasteiger partial charge in [-0.2, -0.15) is 0 Å². The number of hydrogen-bond donors (Lipinski definition) is 0. The number of ether oxygens (including phenoxy) is 4. The van der Waals surface area contributed by atoms with Gasteiger partial charge in [0, 0.05) is 19.2 Å². The Balaban J connectivity index is 1.72. The van der Waals surface area contributed by atoms with Crippen molar-refractivity contribution in [1.29, 1.82) is 0 Å². The standard InChI is InChI=1S/C24H23NO8/c1-30-10-9-25-20(14-3-5-15(6-4-14)24(29)31-2)19(22(27)23(25)28)21(26)16-7-8-17-18(13-16)33-12-11-32-17/h3-8,13,19-20H,9-12H2,1-2H3. The average molecular weight is 453 g/mol. The summed E-state index contributed by atoms with van der Waals surface area (Å²) in [6, 6.07) is 10.2. The fraction of sp³-hybridized carbons (Fsp3) is 0.333. The maximum atomic E-state index is 13.5. The number of esters is 1. The number of ketones is 2. The van der Waals surface area contributed by atoms with Crippen LogP contribution in [0.2, 0.25) is 0 Å². The molecule has 2 atom stereocenters. The lowest BCUT2D eigenvalue weighted by atomic mass is 9.86. The van der Waals surface area contributed by atoms with Crippen LogP contribution in [0.15, 0.2) is 42.5 Å². The topological polar surface area (TPSA) is 108 Å². The van der Waals surface area contributed by atoms with Gasteiger partial charge in [-0.1, -0.05) is 12.1 Å². The molecule has 172 valence electrons. The Morgan fingerprint density at radius 2 is 1.64 bits per heavy atom. The summed E-state index contributed by atoms with van der Waals surface area (Å²) >= 11 is 0. The lowest BCUT2D eigenvalue weighted by Crippen LogP contribution is -2.33. The summed E-state index contributed by atoms with van der Waals surface area (Å²) in [5.41, 5.74) is 1.11. The molecule has 0 N–H and O–H groups in total. The number of rotatable bonds is 7. The zero-order chi connectivity index (χ0) is 23.5. The summed E-state index contributed by atoms with van der Waals surface area (Å²) in [5, 5.41) is 0. The number of methoxy groups -OCH3 is 2. The molecule has 33 heavy (non-hydrogen) atoms. The van der Waals surface area contributed by atoms with Crippen LogP contribution in [0, 0.1) is 5.92 Å².